The molecule has 0 spiro atoms. The second-order valence-electron chi connectivity index (χ2n) is 6.68. The summed E-state index contributed by atoms with van der Waals surface area (Å²) in [6.07, 6.45) is 1.67. The molecule has 0 saturated carbocycles. The number of thioether (sulfide) groups is 1. The maximum atomic E-state index is 12.8. The van der Waals surface area contributed by atoms with Crippen LogP contribution in [0.2, 0.25) is 5.02 Å². The molecule has 0 radical (unpaired) electrons. The van der Waals surface area contributed by atoms with Crippen LogP contribution in [0.25, 0.3) is 6.08 Å². The summed E-state index contributed by atoms with van der Waals surface area (Å²) in [5.41, 5.74) is 2.21. The van der Waals surface area contributed by atoms with Gasteiger partial charge in [-0.1, -0.05) is 54.1 Å². The van der Waals surface area contributed by atoms with Crippen molar-refractivity contribution in [1.29, 1.82) is 0 Å². The third-order valence-corrected chi connectivity index (χ3v) is 5.69. The highest BCUT2D eigenvalue weighted by atomic mass is 35.5. The predicted molar refractivity (Wildman–Crippen MR) is 124 cm³/mol. The van der Waals surface area contributed by atoms with Crippen molar-refractivity contribution in [3.63, 3.8) is 0 Å². The van der Waals surface area contributed by atoms with E-state index < -0.39 is 0 Å². The number of amides is 2. The summed E-state index contributed by atoms with van der Waals surface area (Å²) in [5.74, 6) is 0.745. The number of imide groups is 1. The van der Waals surface area contributed by atoms with Gasteiger partial charge in [-0.05, 0) is 59.3 Å². The lowest BCUT2D eigenvalue weighted by Gasteiger charge is -2.12. The van der Waals surface area contributed by atoms with Gasteiger partial charge in [-0.25, -0.2) is 4.90 Å². The van der Waals surface area contributed by atoms with E-state index in [0.29, 0.717) is 33.7 Å². The third-order valence-electron chi connectivity index (χ3n) is 4.58. The number of hydrogen-bond acceptors (Lipinski definition) is 5. The van der Waals surface area contributed by atoms with Gasteiger partial charge in [0.2, 0.25) is 0 Å². The minimum atomic E-state index is -0.388. The average molecular weight is 452 g/mol. The molecule has 7 heteroatoms. The summed E-state index contributed by atoms with van der Waals surface area (Å²) >= 11 is 6.89. The highest BCUT2D eigenvalue weighted by Gasteiger charge is 2.36. The van der Waals surface area contributed by atoms with E-state index in [1.54, 1.807) is 49.6 Å². The van der Waals surface area contributed by atoms with E-state index in [1.165, 1.54) is 0 Å². The highest BCUT2D eigenvalue weighted by Crippen LogP contribution is 2.37. The molecule has 1 aliphatic heterocycles. The van der Waals surface area contributed by atoms with Crippen LogP contribution in [0.1, 0.15) is 11.1 Å². The Morgan fingerprint density at radius 1 is 0.968 bits per heavy atom. The Bertz CT molecular complexity index is 1160. The van der Waals surface area contributed by atoms with Gasteiger partial charge in [-0.15, -0.1) is 0 Å². The third kappa shape index (κ3) is 4.76. The van der Waals surface area contributed by atoms with Crippen LogP contribution in [0.5, 0.6) is 11.5 Å². The standard InChI is InChI=1S/C24H18ClNO4S/c1-29-21-12-17(10-11-20(21)30-15-16-6-3-2-4-7-16)13-22-23(27)26(24(28)31-22)19-9-5-8-18(25)14-19/h2-14H,15H2,1H3/b22-13+. The quantitative estimate of drug-likeness (QED) is 0.419. The number of anilines is 1. The van der Waals surface area contributed by atoms with E-state index in [9.17, 15) is 9.59 Å². The Morgan fingerprint density at radius 2 is 1.77 bits per heavy atom. The van der Waals surface area contributed by atoms with Gasteiger partial charge in [0.05, 0.1) is 17.7 Å². The van der Waals surface area contributed by atoms with Crippen LogP contribution in [0.4, 0.5) is 10.5 Å². The highest BCUT2D eigenvalue weighted by molar-refractivity contribution is 8.19. The van der Waals surface area contributed by atoms with Crippen molar-refractivity contribution < 1.29 is 19.1 Å². The second-order valence-corrected chi connectivity index (χ2v) is 8.11. The normalized spacial score (nSPS) is 14.9. The summed E-state index contributed by atoms with van der Waals surface area (Å²) in [5, 5.41) is 0.0876. The van der Waals surface area contributed by atoms with Gasteiger partial charge in [0.15, 0.2) is 11.5 Å². The molecule has 156 valence electrons. The molecule has 1 aliphatic rings. The molecular formula is C24H18ClNO4S. The number of benzene rings is 3. The van der Waals surface area contributed by atoms with Gasteiger partial charge in [0.25, 0.3) is 11.1 Å². The second kappa shape index (κ2) is 9.29. The van der Waals surface area contributed by atoms with Crippen molar-refractivity contribution in [2.45, 2.75) is 6.61 Å². The van der Waals surface area contributed by atoms with Crippen LogP contribution in [-0.4, -0.2) is 18.3 Å². The Kier molecular flexibility index (Phi) is 6.30. The number of carbonyl (C=O) groups is 2. The van der Waals surface area contributed by atoms with E-state index in [0.717, 1.165) is 27.8 Å². The van der Waals surface area contributed by atoms with Crippen LogP contribution in [0.15, 0.2) is 77.7 Å². The summed E-state index contributed by atoms with van der Waals surface area (Å²) in [6.45, 7) is 0.412. The molecule has 4 rings (SSSR count). The van der Waals surface area contributed by atoms with Crippen molar-refractivity contribution in [2.75, 3.05) is 12.0 Å². The summed E-state index contributed by atoms with van der Waals surface area (Å²) in [6, 6.07) is 21.8. The number of methoxy groups -OCH3 is 1. The Hall–Kier alpha value is -3.22. The molecule has 0 atom stereocenters. The zero-order valence-electron chi connectivity index (χ0n) is 16.6. The zero-order chi connectivity index (χ0) is 21.8. The molecule has 0 unspecified atom stereocenters. The molecule has 1 fully saturated rings. The van der Waals surface area contributed by atoms with Gasteiger partial charge < -0.3 is 9.47 Å². The monoisotopic (exact) mass is 451 g/mol. The lowest BCUT2D eigenvalue weighted by Crippen LogP contribution is -2.27. The van der Waals surface area contributed by atoms with E-state index >= 15 is 0 Å². The molecule has 3 aromatic carbocycles. The minimum Gasteiger partial charge on any atom is -0.493 e. The van der Waals surface area contributed by atoms with Crippen LogP contribution < -0.4 is 14.4 Å². The summed E-state index contributed by atoms with van der Waals surface area (Å²) < 4.78 is 11.3. The van der Waals surface area contributed by atoms with Gasteiger partial charge in [0.1, 0.15) is 6.61 Å². The molecular weight excluding hydrogens is 434 g/mol. The largest absolute Gasteiger partial charge is 0.493 e. The SMILES string of the molecule is COc1cc(/C=C2/SC(=O)N(c3cccc(Cl)c3)C2=O)ccc1OCc1ccccc1. The molecule has 0 bridgehead atoms. The van der Waals surface area contributed by atoms with Gasteiger partial charge in [-0.2, -0.15) is 0 Å². The molecule has 31 heavy (non-hydrogen) atoms. The Labute approximate surface area is 189 Å². The van der Waals surface area contributed by atoms with E-state index in [-0.39, 0.29) is 11.1 Å². The Morgan fingerprint density at radius 3 is 2.52 bits per heavy atom. The number of halogens is 1. The van der Waals surface area contributed by atoms with Crippen molar-refractivity contribution in [1.82, 2.24) is 0 Å². The maximum absolute atomic E-state index is 12.8. The molecule has 0 aliphatic carbocycles. The lowest BCUT2D eigenvalue weighted by molar-refractivity contribution is -0.113. The molecule has 2 amide bonds. The maximum Gasteiger partial charge on any atom is 0.298 e. The number of ether oxygens (including phenoxy) is 2. The number of carbonyl (C=O) groups excluding carboxylic acids is 2. The van der Waals surface area contributed by atoms with E-state index in [1.807, 2.05) is 36.4 Å². The van der Waals surface area contributed by atoms with Crippen molar-refractivity contribution >= 4 is 46.3 Å². The smallest absolute Gasteiger partial charge is 0.298 e. The van der Waals surface area contributed by atoms with Gasteiger partial charge >= 0.3 is 0 Å². The van der Waals surface area contributed by atoms with Crippen molar-refractivity contribution in [3.05, 3.63) is 93.9 Å². The van der Waals surface area contributed by atoms with Crippen LogP contribution >= 0.6 is 23.4 Å². The molecule has 3 aromatic rings. The first-order valence-electron chi connectivity index (χ1n) is 9.43. The van der Waals surface area contributed by atoms with Gasteiger partial charge in [0, 0.05) is 5.02 Å². The fourth-order valence-corrected chi connectivity index (χ4v) is 4.11. The first-order valence-corrected chi connectivity index (χ1v) is 10.6. The molecule has 0 aromatic heterocycles. The first kappa shape index (κ1) is 21.0. The Balaban J connectivity index is 1.54. The fraction of sp³-hybridized carbons (Fsp3) is 0.0833. The number of rotatable bonds is 6. The average Bonchev–Trinajstić information content (AvgIpc) is 3.06. The molecule has 0 N–H and O–H groups in total. The van der Waals surface area contributed by atoms with Crippen LogP contribution in [-0.2, 0) is 11.4 Å². The van der Waals surface area contributed by atoms with Crippen molar-refractivity contribution in [3.8, 4) is 11.5 Å². The van der Waals surface area contributed by atoms with Crippen LogP contribution in [0.3, 0.4) is 0 Å². The lowest BCUT2D eigenvalue weighted by atomic mass is 10.1. The molecule has 1 heterocycles. The van der Waals surface area contributed by atoms with E-state index in [2.05, 4.69) is 0 Å². The van der Waals surface area contributed by atoms with Gasteiger partial charge in [-0.3, -0.25) is 9.59 Å². The first-order chi connectivity index (χ1) is 15.0. The minimum absolute atomic E-state index is 0.324. The summed E-state index contributed by atoms with van der Waals surface area (Å²) in [4.78, 5) is 26.7. The fourth-order valence-electron chi connectivity index (χ4n) is 3.09. The number of hydrogen-bond donors (Lipinski definition) is 0. The topological polar surface area (TPSA) is 55.8 Å². The van der Waals surface area contributed by atoms with Crippen molar-refractivity contribution in [2.24, 2.45) is 0 Å². The predicted octanol–water partition coefficient (Wildman–Crippen LogP) is 6.17. The van der Waals surface area contributed by atoms with Crippen LogP contribution in [0, 0.1) is 0 Å². The van der Waals surface area contributed by atoms with E-state index in [4.69, 9.17) is 21.1 Å². The molecule has 5 nitrogen and oxygen atoms in total. The summed E-state index contributed by atoms with van der Waals surface area (Å²) in [7, 11) is 1.56. The zero-order valence-corrected chi connectivity index (χ0v) is 18.2. The number of nitrogens with zero attached hydrogens (tertiary/aromatic N) is 1. The molecule has 1 saturated heterocycles.